The molecule has 1 saturated heterocycles. The van der Waals surface area contributed by atoms with E-state index in [0.29, 0.717) is 12.1 Å². The molecule has 0 radical (unpaired) electrons. The number of carbonyl (C=O) groups excluding carboxylic acids is 1. The van der Waals surface area contributed by atoms with E-state index in [2.05, 4.69) is 53.2 Å². The van der Waals surface area contributed by atoms with Gasteiger partial charge >= 0.3 is 0 Å². The van der Waals surface area contributed by atoms with Crippen LogP contribution in [0.5, 0.6) is 0 Å². The molecule has 0 saturated carbocycles. The van der Waals surface area contributed by atoms with E-state index in [0.717, 1.165) is 66.3 Å². The average molecular weight is 513 g/mol. The van der Waals surface area contributed by atoms with Gasteiger partial charge in [0, 0.05) is 54.4 Å². The first-order valence-corrected chi connectivity index (χ1v) is 13.3. The molecule has 0 spiro atoms. The van der Waals surface area contributed by atoms with Crippen LogP contribution in [0.25, 0.3) is 22.2 Å². The second-order valence-electron chi connectivity index (χ2n) is 9.79. The lowest BCUT2D eigenvalue weighted by molar-refractivity contribution is 0.0953. The molecule has 1 fully saturated rings. The number of carbonyl (C=O) groups is 1. The van der Waals surface area contributed by atoms with Crippen molar-refractivity contribution < 1.29 is 4.79 Å². The van der Waals surface area contributed by atoms with Gasteiger partial charge < -0.3 is 10.2 Å². The summed E-state index contributed by atoms with van der Waals surface area (Å²) in [5, 5.41) is 4.81. The van der Waals surface area contributed by atoms with Crippen molar-refractivity contribution in [2.45, 2.75) is 20.3 Å². The van der Waals surface area contributed by atoms with Crippen LogP contribution in [0.2, 0.25) is 5.02 Å². The lowest BCUT2D eigenvalue weighted by Gasteiger charge is -2.36. The third-order valence-electron chi connectivity index (χ3n) is 7.25. The van der Waals surface area contributed by atoms with Gasteiger partial charge in [-0.2, -0.15) is 0 Å². The van der Waals surface area contributed by atoms with Gasteiger partial charge in [-0.05, 0) is 74.3 Å². The molecule has 1 N–H and O–H groups in total. The van der Waals surface area contributed by atoms with Crippen LogP contribution >= 0.6 is 11.6 Å². The first-order valence-electron chi connectivity index (χ1n) is 13.0. The summed E-state index contributed by atoms with van der Waals surface area (Å²) in [6.45, 7) is 9.80. The predicted octanol–water partition coefficient (Wildman–Crippen LogP) is 6.11. The molecular formula is C31H33ClN4O. The number of fused-ring (bicyclic) bond motifs is 1. The number of hydrogen-bond donors (Lipinski definition) is 1. The maximum atomic E-state index is 13.3. The van der Waals surface area contributed by atoms with E-state index in [1.54, 1.807) is 0 Å². The first kappa shape index (κ1) is 25.2. The number of rotatable bonds is 7. The Labute approximate surface area is 224 Å². The predicted molar refractivity (Wildman–Crippen MR) is 154 cm³/mol. The van der Waals surface area contributed by atoms with Crippen molar-refractivity contribution in [2.75, 3.05) is 44.2 Å². The molecule has 5 rings (SSSR count). The number of halogens is 1. The van der Waals surface area contributed by atoms with Gasteiger partial charge in [0.05, 0.1) is 16.8 Å². The minimum Gasteiger partial charge on any atom is -0.369 e. The Morgan fingerprint density at radius 1 is 0.919 bits per heavy atom. The lowest BCUT2D eigenvalue weighted by Crippen LogP contribution is -2.47. The molecule has 1 aliphatic heterocycles. The topological polar surface area (TPSA) is 48.5 Å². The Morgan fingerprint density at radius 2 is 1.73 bits per heavy atom. The molecular weight excluding hydrogens is 480 g/mol. The minimum atomic E-state index is -0.0468. The molecule has 3 aromatic carbocycles. The van der Waals surface area contributed by atoms with E-state index < -0.39 is 0 Å². The van der Waals surface area contributed by atoms with E-state index in [1.807, 2.05) is 48.5 Å². The van der Waals surface area contributed by atoms with E-state index in [9.17, 15) is 4.79 Å². The van der Waals surface area contributed by atoms with E-state index >= 15 is 0 Å². The van der Waals surface area contributed by atoms with E-state index in [1.165, 1.54) is 16.8 Å². The zero-order chi connectivity index (χ0) is 25.8. The summed E-state index contributed by atoms with van der Waals surface area (Å²) in [5.74, 6) is -0.0468. The van der Waals surface area contributed by atoms with Crippen molar-refractivity contribution >= 4 is 34.1 Å². The first-order chi connectivity index (χ1) is 18.0. The number of piperazine rings is 1. The van der Waals surface area contributed by atoms with Gasteiger partial charge in [0.25, 0.3) is 5.91 Å². The van der Waals surface area contributed by atoms with Crippen molar-refractivity contribution in [2.24, 2.45) is 0 Å². The summed E-state index contributed by atoms with van der Waals surface area (Å²) >= 11 is 6.16. The maximum Gasteiger partial charge on any atom is 0.252 e. The summed E-state index contributed by atoms with van der Waals surface area (Å²) in [6.07, 6.45) is 0.913. The monoisotopic (exact) mass is 512 g/mol. The Balaban J connectivity index is 1.19. The zero-order valence-electron chi connectivity index (χ0n) is 21.5. The number of anilines is 1. The molecule has 37 heavy (non-hydrogen) atoms. The second-order valence-corrected chi connectivity index (χ2v) is 10.2. The van der Waals surface area contributed by atoms with Gasteiger partial charge in [0.2, 0.25) is 0 Å². The van der Waals surface area contributed by atoms with Crippen LogP contribution in [-0.2, 0) is 0 Å². The molecule has 1 aromatic heterocycles. The highest BCUT2D eigenvalue weighted by atomic mass is 35.5. The van der Waals surface area contributed by atoms with Gasteiger partial charge in [-0.3, -0.25) is 9.69 Å². The fourth-order valence-corrected chi connectivity index (χ4v) is 5.10. The quantitative estimate of drug-likeness (QED) is 0.303. The van der Waals surface area contributed by atoms with Gasteiger partial charge in [-0.1, -0.05) is 48.0 Å². The summed E-state index contributed by atoms with van der Waals surface area (Å²) < 4.78 is 0. The third kappa shape index (κ3) is 5.95. The van der Waals surface area contributed by atoms with Crippen LogP contribution in [0.3, 0.4) is 0 Å². The number of aryl methyl sites for hydroxylation is 2. The third-order valence-corrected chi connectivity index (χ3v) is 7.48. The van der Waals surface area contributed by atoms with Crippen LogP contribution in [0, 0.1) is 13.8 Å². The molecule has 0 unspecified atom stereocenters. The van der Waals surface area contributed by atoms with Gasteiger partial charge in [0.1, 0.15) is 0 Å². The highest BCUT2D eigenvalue weighted by Crippen LogP contribution is 2.26. The Bertz CT molecular complexity index is 1410. The van der Waals surface area contributed by atoms with E-state index in [-0.39, 0.29) is 5.91 Å². The number of amides is 1. The van der Waals surface area contributed by atoms with Crippen LogP contribution in [0.15, 0.2) is 72.8 Å². The smallest absolute Gasteiger partial charge is 0.252 e. The Hall–Kier alpha value is -3.41. The molecule has 2 heterocycles. The maximum absolute atomic E-state index is 13.3. The molecule has 5 nitrogen and oxygen atoms in total. The number of hydrogen-bond acceptors (Lipinski definition) is 4. The molecule has 4 aromatic rings. The summed E-state index contributed by atoms with van der Waals surface area (Å²) in [4.78, 5) is 23.0. The van der Waals surface area contributed by atoms with Crippen molar-refractivity contribution in [3.63, 3.8) is 0 Å². The molecule has 0 bridgehead atoms. The van der Waals surface area contributed by atoms with Crippen LogP contribution < -0.4 is 10.2 Å². The number of para-hydroxylation sites is 1. The van der Waals surface area contributed by atoms with Crippen LogP contribution in [0.4, 0.5) is 5.69 Å². The number of nitrogens with zero attached hydrogens (tertiary/aromatic N) is 3. The number of aromatic nitrogens is 1. The lowest BCUT2D eigenvalue weighted by atomic mass is 10.0. The average Bonchev–Trinajstić information content (AvgIpc) is 2.92. The Morgan fingerprint density at radius 3 is 2.51 bits per heavy atom. The second kappa shape index (κ2) is 11.3. The zero-order valence-corrected chi connectivity index (χ0v) is 22.3. The van der Waals surface area contributed by atoms with Crippen molar-refractivity contribution in [1.29, 1.82) is 0 Å². The van der Waals surface area contributed by atoms with Crippen molar-refractivity contribution in [3.8, 4) is 11.3 Å². The Kier molecular flexibility index (Phi) is 7.73. The standard InChI is InChI=1S/C31H33ClN4O/c1-22-11-12-24(19-23(22)2)30-21-28(27-9-3-4-10-29(27)34-30)31(37)33-13-6-14-35-15-17-36(18-16-35)26-8-5-7-25(32)20-26/h3-5,7-12,19-21H,6,13-18H2,1-2H3,(H,33,37). The largest absolute Gasteiger partial charge is 0.369 e. The normalized spacial score (nSPS) is 14.2. The summed E-state index contributed by atoms with van der Waals surface area (Å²) in [7, 11) is 0. The molecule has 0 atom stereocenters. The van der Waals surface area contributed by atoms with Crippen molar-refractivity contribution in [1.82, 2.24) is 15.2 Å². The fraction of sp³-hybridized carbons (Fsp3) is 0.290. The van der Waals surface area contributed by atoms with Gasteiger partial charge in [-0.15, -0.1) is 0 Å². The molecule has 1 aliphatic rings. The highest BCUT2D eigenvalue weighted by Gasteiger charge is 2.18. The highest BCUT2D eigenvalue weighted by molar-refractivity contribution is 6.30. The van der Waals surface area contributed by atoms with E-state index in [4.69, 9.17) is 16.6 Å². The molecule has 0 aliphatic carbocycles. The number of nitrogens with one attached hydrogen (secondary N) is 1. The minimum absolute atomic E-state index is 0.0468. The molecule has 6 heteroatoms. The van der Waals surface area contributed by atoms with Crippen LogP contribution in [0.1, 0.15) is 27.9 Å². The van der Waals surface area contributed by atoms with Crippen molar-refractivity contribution in [3.05, 3.63) is 94.5 Å². The van der Waals surface area contributed by atoms with Crippen LogP contribution in [-0.4, -0.2) is 55.1 Å². The number of pyridine rings is 1. The van der Waals surface area contributed by atoms with Gasteiger partial charge in [0.15, 0.2) is 0 Å². The molecule has 1 amide bonds. The summed E-state index contributed by atoms with van der Waals surface area (Å²) in [6, 6.07) is 24.2. The fourth-order valence-electron chi connectivity index (χ4n) is 4.91. The SMILES string of the molecule is Cc1ccc(-c2cc(C(=O)NCCCN3CCN(c4cccc(Cl)c4)CC3)c3ccccc3n2)cc1C. The summed E-state index contributed by atoms with van der Waals surface area (Å²) in [5.41, 5.74) is 7.00. The van der Waals surface area contributed by atoms with Gasteiger partial charge in [-0.25, -0.2) is 4.98 Å². The molecule has 190 valence electrons. The number of benzene rings is 3.